The monoisotopic (exact) mass is 352 g/mol. The summed E-state index contributed by atoms with van der Waals surface area (Å²) < 4.78 is 9.83. The van der Waals surface area contributed by atoms with Crippen molar-refractivity contribution in [2.24, 2.45) is 0 Å². The average molecular weight is 352 g/mol. The number of aliphatic hydroxyl groups excluding tert-OH is 1. The number of aryl methyl sites for hydroxylation is 2. The molecule has 0 radical (unpaired) electrons. The molecule has 0 saturated carbocycles. The molecule has 25 heavy (non-hydrogen) atoms. The first-order valence-corrected chi connectivity index (χ1v) is 8.80. The van der Waals surface area contributed by atoms with E-state index in [1.807, 2.05) is 6.07 Å². The normalized spacial score (nSPS) is 10.4. The molecule has 2 aromatic rings. The van der Waals surface area contributed by atoms with Gasteiger partial charge >= 0.3 is 5.97 Å². The standard InChI is InChI=1S/C9H13NO3.C9H15NO2/c1-2-3-4-7-5-8(13-10-7)6-9(11)12;1-2-3-4-8-7-9(5-6-11)12-10-8/h5H,2-4,6H2,1H3,(H,11,12);7,11H,2-6H2,1H3. The summed E-state index contributed by atoms with van der Waals surface area (Å²) in [5.41, 5.74) is 1.85. The summed E-state index contributed by atoms with van der Waals surface area (Å²) in [6, 6.07) is 3.63. The SMILES string of the molecule is CCCCc1cc(CC(=O)O)on1.CCCCc1cc(CCO)on1. The molecule has 0 unspecified atom stereocenters. The first kappa shape index (κ1) is 20.9. The van der Waals surface area contributed by atoms with Crippen LogP contribution in [0.5, 0.6) is 0 Å². The number of carboxylic acids is 1. The molecule has 0 amide bonds. The number of aliphatic hydroxyl groups is 1. The molecule has 7 heteroatoms. The van der Waals surface area contributed by atoms with Crippen LogP contribution in [0.15, 0.2) is 21.2 Å². The Morgan fingerprint density at radius 2 is 1.48 bits per heavy atom. The number of rotatable bonds is 10. The maximum absolute atomic E-state index is 10.3. The number of aliphatic carboxylic acids is 1. The van der Waals surface area contributed by atoms with Crippen LogP contribution in [0.25, 0.3) is 0 Å². The molecule has 0 atom stereocenters. The van der Waals surface area contributed by atoms with Crippen molar-refractivity contribution in [1.82, 2.24) is 10.3 Å². The Kier molecular flexibility index (Phi) is 10.2. The van der Waals surface area contributed by atoms with Crippen LogP contribution in [0.3, 0.4) is 0 Å². The quantitative estimate of drug-likeness (QED) is 0.675. The first-order chi connectivity index (χ1) is 12.1. The molecule has 0 aliphatic rings. The number of hydrogen-bond acceptors (Lipinski definition) is 6. The van der Waals surface area contributed by atoms with Crippen LogP contribution in [-0.2, 0) is 30.5 Å². The lowest BCUT2D eigenvalue weighted by Crippen LogP contribution is -1.98. The zero-order chi connectivity index (χ0) is 18.5. The second-order valence-electron chi connectivity index (χ2n) is 5.82. The topological polar surface area (TPSA) is 110 Å². The summed E-state index contributed by atoms with van der Waals surface area (Å²) >= 11 is 0. The molecule has 2 rings (SSSR count). The van der Waals surface area contributed by atoms with E-state index in [0.717, 1.165) is 49.3 Å². The molecule has 140 valence electrons. The summed E-state index contributed by atoms with van der Waals surface area (Å²) in [5.74, 6) is 0.320. The van der Waals surface area contributed by atoms with Gasteiger partial charge in [-0.3, -0.25) is 4.79 Å². The van der Waals surface area contributed by atoms with E-state index in [2.05, 4.69) is 24.2 Å². The van der Waals surface area contributed by atoms with Gasteiger partial charge in [-0.1, -0.05) is 37.0 Å². The van der Waals surface area contributed by atoms with E-state index in [4.69, 9.17) is 19.3 Å². The molecule has 2 heterocycles. The van der Waals surface area contributed by atoms with Crippen LogP contribution in [-0.4, -0.2) is 33.1 Å². The van der Waals surface area contributed by atoms with Gasteiger partial charge in [0.15, 0.2) is 0 Å². The zero-order valence-electron chi connectivity index (χ0n) is 15.0. The lowest BCUT2D eigenvalue weighted by atomic mass is 10.2. The second kappa shape index (κ2) is 12.2. The van der Waals surface area contributed by atoms with Gasteiger partial charge in [0.1, 0.15) is 17.9 Å². The van der Waals surface area contributed by atoms with E-state index < -0.39 is 5.97 Å². The van der Waals surface area contributed by atoms with Crippen LogP contribution in [0.1, 0.15) is 62.4 Å². The van der Waals surface area contributed by atoms with Gasteiger partial charge in [0, 0.05) is 18.6 Å². The van der Waals surface area contributed by atoms with Crippen molar-refractivity contribution < 1.29 is 24.1 Å². The molecule has 0 aliphatic heterocycles. The summed E-state index contributed by atoms with van der Waals surface area (Å²) in [7, 11) is 0. The second-order valence-corrected chi connectivity index (χ2v) is 5.82. The maximum Gasteiger partial charge on any atom is 0.311 e. The first-order valence-electron chi connectivity index (χ1n) is 8.80. The summed E-state index contributed by atoms with van der Waals surface area (Å²) in [4.78, 5) is 10.3. The van der Waals surface area contributed by atoms with Crippen LogP contribution in [0, 0.1) is 0 Å². The summed E-state index contributed by atoms with van der Waals surface area (Å²) in [6.07, 6.45) is 6.79. The highest BCUT2D eigenvalue weighted by atomic mass is 16.5. The highest BCUT2D eigenvalue weighted by Crippen LogP contribution is 2.08. The van der Waals surface area contributed by atoms with Gasteiger partial charge in [-0.05, 0) is 25.7 Å². The highest BCUT2D eigenvalue weighted by Gasteiger charge is 2.07. The van der Waals surface area contributed by atoms with E-state index in [1.54, 1.807) is 6.07 Å². The number of aromatic nitrogens is 2. The minimum Gasteiger partial charge on any atom is -0.481 e. The average Bonchev–Trinajstić information content (AvgIpc) is 3.21. The molecule has 0 saturated heterocycles. The molecular weight excluding hydrogens is 324 g/mol. The number of carboxylic acid groups (broad SMARTS) is 1. The third kappa shape index (κ3) is 9.05. The molecule has 0 aromatic carbocycles. The largest absolute Gasteiger partial charge is 0.481 e. The molecule has 0 aliphatic carbocycles. The van der Waals surface area contributed by atoms with Crippen molar-refractivity contribution in [3.8, 4) is 0 Å². The predicted octanol–water partition coefficient (Wildman–Crippen LogP) is 3.20. The molecule has 0 bridgehead atoms. The van der Waals surface area contributed by atoms with Gasteiger partial charge in [0.05, 0.1) is 18.0 Å². The number of unbranched alkanes of at least 4 members (excludes halogenated alkanes) is 2. The molecule has 2 N–H and O–H groups in total. The molecule has 7 nitrogen and oxygen atoms in total. The van der Waals surface area contributed by atoms with Gasteiger partial charge in [0.2, 0.25) is 0 Å². The fourth-order valence-electron chi connectivity index (χ4n) is 2.12. The molecule has 2 aromatic heterocycles. The minimum atomic E-state index is -0.891. The van der Waals surface area contributed by atoms with Crippen LogP contribution in [0.2, 0.25) is 0 Å². The lowest BCUT2D eigenvalue weighted by Gasteiger charge is -1.88. The Labute approximate surface area is 148 Å². The van der Waals surface area contributed by atoms with Crippen molar-refractivity contribution in [2.45, 2.75) is 65.2 Å². The van der Waals surface area contributed by atoms with Gasteiger partial charge < -0.3 is 19.3 Å². The van der Waals surface area contributed by atoms with E-state index in [-0.39, 0.29) is 13.0 Å². The minimum absolute atomic E-state index is 0.0842. The molecular formula is C18H28N2O5. The molecule has 0 fully saturated rings. The van der Waals surface area contributed by atoms with Crippen molar-refractivity contribution in [2.75, 3.05) is 6.61 Å². The number of nitrogens with zero attached hydrogens (tertiary/aromatic N) is 2. The van der Waals surface area contributed by atoms with Crippen molar-refractivity contribution in [1.29, 1.82) is 0 Å². The lowest BCUT2D eigenvalue weighted by molar-refractivity contribution is -0.136. The fourth-order valence-corrected chi connectivity index (χ4v) is 2.12. The van der Waals surface area contributed by atoms with Crippen molar-refractivity contribution in [3.63, 3.8) is 0 Å². The maximum atomic E-state index is 10.3. The van der Waals surface area contributed by atoms with Crippen molar-refractivity contribution >= 4 is 5.97 Å². The zero-order valence-corrected chi connectivity index (χ0v) is 15.0. The van der Waals surface area contributed by atoms with Gasteiger partial charge in [-0.25, -0.2) is 0 Å². The van der Waals surface area contributed by atoms with Gasteiger partial charge in [-0.15, -0.1) is 0 Å². The fraction of sp³-hybridized carbons (Fsp3) is 0.611. The van der Waals surface area contributed by atoms with Crippen molar-refractivity contribution in [3.05, 3.63) is 35.0 Å². The van der Waals surface area contributed by atoms with Crippen LogP contribution < -0.4 is 0 Å². The smallest absolute Gasteiger partial charge is 0.311 e. The van der Waals surface area contributed by atoms with E-state index in [0.29, 0.717) is 12.2 Å². The number of carbonyl (C=O) groups is 1. The van der Waals surface area contributed by atoms with E-state index >= 15 is 0 Å². The Hall–Kier alpha value is -2.15. The Morgan fingerprint density at radius 1 is 0.960 bits per heavy atom. The van der Waals surface area contributed by atoms with E-state index in [9.17, 15) is 4.79 Å². The van der Waals surface area contributed by atoms with Gasteiger partial charge in [-0.2, -0.15) is 0 Å². The predicted molar refractivity (Wildman–Crippen MR) is 92.4 cm³/mol. The van der Waals surface area contributed by atoms with E-state index in [1.165, 1.54) is 6.42 Å². The third-order valence-electron chi connectivity index (χ3n) is 3.47. The van der Waals surface area contributed by atoms with Gasteiger partial charge in [0.25, 0.3) is 0 Å². The van der Waals surface area contributed by atoms with Crippen LogP contribution >= 0.6 is 0 Å². The Morgan fingerprint density at radius 3 is 1.96 bits per heavy atom. The third-order valence-corrected chi connectivity index (χ3v) is 3.47. The Bertz CT molecular complexity index is 606. The Balaban J connectivity index is 0.000000251. The summed E-state index contributed by atoms with van der Waals surface area (Å²) in [5, 5.41) is 24.7. The molecule has 0 spiro atoms. The van der Waals surface area contributed by atoms with Crippen LogP contribution in [0.4, 0.5) is 0 Å². The number of hydrogen-bond donors (Lipinski definition) is 2. The summed E-state index contributed by atoms with van der Waals surface area (Å²) in [6.45, 7) is 4.37. The highest BCUT2D eigenvalue weighted by molar-refractivity contribution is 5.69.